The van der Waals surface area contributed by atoms with Crippen LogP contribution in [0.3, 0.4) is 0 Å². The molecule has 2 N–H and O–H groups in total. The van der Waals surface area contributed by atoms with Crippen molar-refractivity contribution in [3.05, 3.63) is 58.5 Å². The molecule has 0 saturated heterocycles. The van der Waals surface area contributed by atoms with Gasteiger partial charge in [0.05, 0.1) is 17.2 Å². The largest absolute Gasteiger partial charge is 0.459 e. The van der Waals surface area contributed by atoms with Gasteiger partial charge in [-0.25, -0.2) is 4.98 Å². The molecule has 0 fully saturated rings. The van der Waals surface area contributed by atoms with Crippen molar-refractivity contribution in [2.24, 2.45) is 0 Å². The van der Waals surface area contributed by atoms with E-state index in [1.807, 2.05) is 0 Å². The molecule has 0 radical (unpaired) electrons. The van der Waals surface area contributed by atoms with Gasteiger partial charge >= 0.3 is 0 Å². The first kappa shape index (κ1) is 17.0. The van der Waals surface area contributed by atoms with Gasteiger partial charge in [-0.05, 0) is 43.7 Å². The normalized spacial score (nSPS) is 14.0. The summed E-state index contributed by atoms with van der Waals surface area (Å²) in [7, 11) is 0. The highest BCUT2D eigenvalue weighted by Crippen LogP contribution is 2.18. The number of hydrogen-bond acceptors (Lipinski definition) is 5. The number of hydrogen-bond donors (Lipinski definition) is 2. The van der Waals surface area contributed by atoms with E-state index >= 15 is 0 Å². The molecule has 2 amide bonds. The summed E-state index contributed by atoms with van der Waals surface area (Å²) in [6, 6.07) is 7.37. The van der Waals surface area contributed by atoms with Crippen molar-refractivity contribution < 1.29 is 14.0 Å². The maximum absolute atomic E-state index is 12.6. The zero-order valence-corrected chi connectivity index (χ0v) is 14.7. The van der Waals surface area contributed by atoms with E-state index in [9.17, 15) is 14.4 Å². The van der Waals surface area contributed by atoms with Crippen LogP contribution < -0.4 is 16.2 Å². The van der Waals surface area contributed by atoms with Crippen molar-refractivity contribution in [2.75, 3.05) is 5.32 Å². The van der Waals surface area contributed by atoms with Crippen LogP contribution in [0.2, 0.25) is 0 Å². The lowest BCUT2D eigenvalue weighted by Gasteiger charge is -2.14. The first-order valence-corrected chi connectivity index (χ1v) is 8.71. The molecule has 138 valence electrons. The van der Waals surface area contributed by atoms with Gasteiger partial charge in [-0.1, -0.05) is 0 Å². The molecule has 0 saturated carbocycles. The molecule has 4 rings (SSSR count). The molecule has 8 nitrogen and oxygen atoms in total. The Kier molecular flexibility index (Phi) is 4.23. The molecular weight excluding hydrogens is 348 g/mol. The fourth-order valence-corrected chi connectivity index (χ4v) is 3.15. The molecular formula is C19H18N4O4. The van der Waals surface area contributed by atoms with Gasteiger partial charge < -0.3 is 15.1 Å². The quantitative estimate of drug-likeness (QED) is 0.731. The first-order valence-electron chi connectivity index (χ1n) is 8.71. The number of amides is 2. The molecule has 3 heterocycles. The summed E-state index contributed by atoms with van der Waals surface area (Å²) < 4.78 is 6.69. The number of nitrogens with one attached hydrogen (secondary N) is 2. The average Bonchev–Trinajstić information content (AvgIpc) is 3.34. The number of furan rings is 1. The van der Waals surface area contributed by atoms with E-state index in [1.165, 1.54) is 12.3 Å². The van der Waals surface area contributed by atoms with Gasteiger partial charge in [-0.3, -0.25) is 19.0 Å². The van der Waals surface area contributed by atoms with E-state index in [0.717, 1.165) is 18.7 Å². The van der Waals surface area contributed by atoms with E-state index < -0.39 is 17.9 Å². The second-order valence-electron chi connectivity index (χ2n) is 6.48. The molecule has 1 aliphatic heterocycles. The zero-order chi connectivity index (χ0) is 19.0. The van der Waals surface area contributed by atoms with Gasteiger partial charge in [0.2, 0.25) is 5.91 Å². The number of aryl methyl sites for hydroxylation is 1. The summed E-state index contributed by atoms with van der Waals surface area (Å²) in [6.07, 6.45) is 3.10. The summed E-state index contributed by atoms with van der Waals surface area (Å²) in [4.78, 5) is 41.5. The van der Waals surface area contributed by atoms with Crippen molar-refractivity contribution in [2.45, 2.75) is 32.4 Å². The molecule has 27 heavy (non-hydrogen) atoms. The van der Waals surface area contributed by atoms with E-state index in [0.29, 0.717) is 23.1 Å². The van der Waals surface area contributed by atoms with Crippen molar-refractivity contribution in [3.63, 3.8) is 0 Å². The van der Waals surface area contributed by atoms with Crippen LogP contribution >= 0.6 is 0 Å². The predicted octanol–water partition coefficient (Wildman–Crippen LogP) is 1.69. The van der Waals surface area contributed by atoms with Crippen molar-refractivity contribution >= 4 is 28.4 Å². The van der Waals surface area contributed by atoms with Gasteiger partial charge in [-0.2, -0.15) is 0 Å². The molecule has 0 bridgehead atoms. The fraction of sp³-hybridized carbons (Fsp3) is 0.263. The molecule has 3 aromatic rings. The smallest absolute Gasteiger partial charge is 0.287 e. The highest BCUT2D eigenvalue weighted by Gasteiger charge is 2.19. The minimum Gasteiger partial charge on any atom is -0.459 e. The van der Waals surface area contributed by atoms with Crippen LogP contribution in [0.15, 0.2) is 45.8 Å². The standard InChI is InChI=1S/C19H18N4O4/c1-11(20-18(25)15-4-3-9-27-15)17(24)21-12-6-7-14-13(10-12)19(26)23-8-2-5-16(23)22-14/h3-4,6-7,9-11H,2,5,8H2,1H3,(H,20,25)(H,21,24)/t11-/m1/s1. The Hall–Kier alpha value is -3.42. The third kappa shape index (κ3) is 3.21. The maximum atomic E-state index is 12.6. The van der Waals surface area contributed by atoms with Crippen molar-refractivity contribution in [1.29, 1.82) is 0 Å². The number of anilines is 1. The Morgan fingerprint density at radius 3 is 2.93 bits per heavy atom. The topological polar surface area (TPSA) is 106 Å². The molecule has 2 aromatic heterocycles. The molecule has 0 spiro atoms. The van der Waals surface area contributed by atoms with Crippen LogP contribution in [0.25, 0.3) is 10.9 Å². The Morgan fingerprint density at radius 2 is 2.15 bits per heavy atom. The predicted molar refractivity (Wildman–Crippen MR) is 98.6 cm³/mol. The highest BCUT2D eigenvalue weighted by molar-refractivity contribution is 6.00. The zero-order valence-electron chi connectivity index (χ0n) is 14.7. The number of fused-ring (bicyclic) bond motifs is 2. The fourth-order valence-electron chi connectivity index (χ4n) is 3.15. The van der Waals surface area contributed by atoms with E-state index in [1.54, 1.807) is 35.8 Å². The van der Waals surface area contributed by atoms with Crippen LogP contribution in [0, 0.1) is 0 Å². The van der Waals surface area contributed by atoms with E-state index in [-0.39, 0.29) is 11.3 Å². The van der Waals surface area contributed by atoms with Crippen LogP contribution in [0.5, 0.6) is 0 Å². The Morgan fingerprint density at radius 1 is 1.30 bits per heavy atom. The monoisotopic (exact) mass is 366 g/mol. The molecule has 8 heteroatoms. The van der Waals surface area contributed by atoms with Gasteiger partial charge in [0.15, 0.2) is 5.76 Å². The Bertz CT molecular complexity index is 1090. The average molecular weight is 366 g/mol. The second kappa shape index (κ2) is 6.71. The number of aromatic nitrogens is 2. The SMILES string of the molecule is C[C@@H](NC(=O)c1ccco1)C(=O)Nc1ccc2nc3n(c(=O)c2c1)CCC3. The van der Waals surface area contributed by atoms with Gasteiger partial charge in [-0.15, -0.1) is 0 Å². The third-order valence-electron chi connectivity index (χ3n) is 4.57. The van der Waals surface area contributed by atoms with Crippen LogP contribution in [-0.4, -0.2) is 27.4 Å². The van der Waals surface area contributed by atoms with Crippen LogP contribution in [0.4, 0.5) is 5.69 Å². The van der Waals surface area contributed by atoms with E-state index in [2.05, 4.69) is 15.6 Å². The van der Waals surface area contributed by atoms with Crippen molar-refractivity contribution in [1.82, 2.24) is 14.9 Å². The third-order valence-corrected chi connectivity index (χ3v) is 4.57. The van der Waals surface area contributed by atoms with Gasteiger partial charge in [0.25, 0.3) is 11.5 Å². The number of rotatable bonds is 4. The number of benzene rings is 1. The molecule has 1 atom stereocenters. The van der Waals surface area contributed by atoms with Crippen LogP contribution in [-0.2, 0) is 17.8 Å². The number of nitrogens with zero attached hydrogens (tertiary/aromatic N) is 2. The minimum absolute atomic E-state index is 0.0947. The highest BCUT2D eigenvalue weighted by atomic mass is 16.3. The van der Waals surface area contributed by atoms with Crippen molar-refractivity contribution in [3.8, 4) is 0 Å². The van der Waals surface area contributed by atoms with Gasteiger partial charge in [0.1, 0.15) is 11.9 Å². The Balaban J connectivity index is 1.52. The summed E-state index contributed by atoms with van der Waals surface area (Å²) >= 11 is 0. The number of carbonyl (C=O) groups is 2. The summed E-state index contributed by atoms with van der Waals surface area (Å²) in [5.74, 6) is 0.0644. The second-order valence-corrected chi connectivity index (χ2v) is 6.48. The van der Waals surface area contributed by atoms with E-state index in [4.69, 9.17) is 4.42 Å². The lowest BCUT2D eigenvalue weighted by atomic mass is 10.2. The summed E-state index contributed by atoms with van der Waals surface area (Å²) in [5.41, 5.74) is 0.997. The number of carbonyl (C=O) groups excluding carboxylic acids is 2. The first-order chi connectivity index (χ1) is 13.0. The molecule has 0 aliphatic carbocycles. The van der Waals surface area contributed by atoms with Crippen LogP contribution in [0.1, 0.15) is 29.7 Å². The lowest BCUT2D eigenvalue weighted by Crippen LogP contribution is -2.41. The minimum atomic E-state index is -0.780. The molecule has 0 unspecified atom stereocenters. The lowest BCUT2D eigenvalue weighted by molar-refractivity contribution is -0.117. The molecule has 1 aliphatic rings. The molecule has 1 aromatic carbocycles. The Labute approximate surface area is 154 Å². The van der Waals surface area contributed by atoms with Gasteiger partial charge in [0, 0.05) is 18.7 Å². The summed E-state index contributed by atoms with van der Waals surface area (Å²) in [6.45, 7) is 2.24. The summed E-state index contributed by atoms with van der Waals surface area (Å²) in [5, 5.41) is 5.74. The maximum Gasteiger partial charge on any atom is 0.287 e.